The van der Waals surface area contributed by atoms with Gasteiger partial charge in [-0.15, -0.1) is 0 Å². The minimum atomic E-state index is -4.87. The van der Waals surface area contributed by atoms with Gasteiger partial charge in [0, 0.05) is 0 Å². The van der Waals surface area contributed by atoms with E-state index in [-0.39, 0.29) is 4.90 Å². The van der Waals surface area contributed by atoms with Gasteiger partial charge in [0.05, 0.1) is 0 Å². The van der Waals surface area contributed by atoms with Crippen LogP contribution in [0.2, 0.25) is 0 Å². The Kier molecular flexibility index (Phi) is 6.06. The van der Waals surface area contributed by atoms with Gasteiger partial charge in [-0.05, 0) is 0 Å². The van der Waals surface area contributed by atoms with Gasteiger partial charge in [0.15, 0.2) is 0 Å². The van der Waals surface area contributed by atoms with Gasteiger partial charge >= 0.3 is 18.3 Å². The summed E-state index contributed by atoms with van der Waals surface area (Å²) in [4.78, 5) is 21.2. The Morgan fingerprint density at radius 1 is 1.05 bits per heavy atom. The molecule has 0 spiro atoms. The van der Waals surface area contributed by atoms with E-state index in [2.05, 4.69) is 4.74 Å². The first kappa shape index (κ1) is 17.5. The normalized spacial score (nSPS) is 12.3. The maximum Gasteiger partial charge on any atom is 0.411 e. The van der Waals surface area contributed by atoms with Gasteiger partial charge in [0.2, 0.25) is 5.91 Å². The number of hydrogen-bond donors (Lipinski definition) is 1. The highest BCUT2D eigenvalue weighted by Gasteiger charge is 2.34. The van der Waals surface area contributed by atoms with Crippen LogP contribution < -0.4 is 0 Å². The molecule has 0 atom stereocenters. The Balaban J connectivity index is 4.42. The topological polar surface area (TPSA) is 66.8 Å². The number of nitrogens with zero attached hydrogens (tertiary/aromatic N) is 1. The molecular formula is C8H9F6NO4. The van der Waals surface area contributed by atoms with Crippen molar-refractivity contribution in [2.45, 2.75) is 12.4 Å². The van der Waals surface area contributed by atoms with Gasteiger partial charge in [-0.1, -0.05) is 0 Å². The fourth-order valence-corrected chi connectivity index (χ4v) is 0.957. The van der Waals surface area contributed by atoms with E-state index >= 15 is 0 Å². The molecule has 0 aliphatic rings. The van der Waals surface area contributed by atoms with Crippen molar-refractivity contribution in [1.82, 2.24) is 4.90 Å². The van der Waals surface area contributed by atoms with Crippen LogP contribution in [0.4, 0.5) is 26.3 Å². The molecule has 5 nitrogen and oxygen atoms in total. The fraction of sp³-hybridized carbons (Fsp3) is 0.750. The quantitative estimate of drug-likeness (QED) is 0.744. The second kappa shape index (κ2) is 6.59. The average molecular weight is 297 g/mol. The van der Waals surface area contributed by atoms with Gasteiger partial charge in [0.1, 0.15) is 26.3 Å². The van der Waals surface area contributed by atoms with Crippen molar-refractivity contribution >= 4 is 11.9 Å². The number of carbonyl (C=O) groups excluding carboxylic acids is 1. The van der Waals surface area contributed by atoms with E-state index in [1.165, 1.54) is 0 Å². The Hall–Kier alpha value is -1.52. The average Bonchev–Trinajstić information content (AvgIpc) is 2.11. The Labute approximate surface area is 102 Å². The monoisotopic (exact) mass is 297 g/mol. The maximum atomic E-state index is 12.0. The summed E-state index contributed by atoms with van der Waals surface area (Å²) >= 11 is 0. The summed E-state index contributed by atoms with van der Waals surface area (Å²) in [5.41, 5.74) is 0. The highest BCUT2D eigenvalue weighted by Crippen LogP contribution is 2.17. The lowest BCUT2D eigenvalue weighted by atomic mass is 10.4. The lowest BCUT2D eigenvalue weighted by molar-refractivity contribution is -0.184. The van der Waals surface area contributed by atoms with Crippen molar-refractivity contribution in [3.63, 3.8) is 0 Å². The summed E-state index contributed by atoms with van der Waals surface area (Å²) in [5, 5.41) is 8.30. The van der Waals surface area contributed by atoms with E-state index < -0.39 is 50.5 Å². The van der Waals surface area contributed by atoms with Crippen LogP contribution in [0, 0.1) is 0 Å². The van der Waals surface area contributed by atoms with Crippen molar-refractivity contribution < 1.29 is 45.8 Å². The number of amides is 1. The van der Waals surface area contributed by atoms with Crippen LogP contribution in [-0.4, -0.2) is 60.5 Å². The number of carboxylic acid groups (broad SMARTS) is 1. The molecule has 0 saturated carbocycles. The van der Waals surface area contributed by atoms with Crippen LogP contribution in [0.25, 0.3) is 0 Å². The molecule has 0 unspecified atom stereocenters. The minimum absolute atomic E-state index is 0.154. The predicted octanol–water partition coefficient (Wildman–Crippen LogP) is 1.04. The van der Waals surface area contributed by atoms with Crippen LogP contribution in [0.5, 0.6) is 0 Å². The molecule has 0 aromatic heterocycles. The molecule has 0 rings (SSSR count). The smallest absolute Gasteiger partial charge is 0.411 e. The summed E-state index contributed by atoms with van der Waals surface area (Å²) in [6.07, 6.45) is -9.60. The van der Waals surface area contributed by atoms with Crippen molar-refractivity contribution in [2.24, 2.45) is 0 Å². The van der Waals surface area contributed by atoms with E-state index in [1.807, 2.05) is 0 Å². The molecule has 0 aromatic rings. The minimum Gasteiger partial charge on any atom is -0.480 e. The molecule has 0 radical (unpaired) electrons. The summed E-state index contributed by atoms with van der Waals surface area (Å²) in [5.74, 6) is -3.22. The first-order valence-corrected chi connectivity index (χ1v) is 4.61. The van der Waals surface area contributed by atoms with Crippen LogP contribution in [0.1, 0.15) is 0 Å². The van der Waals surface area contributed by atoms with Gasteiger partial charge in [-0.3, -0.25) is 9.59 Å². The Bertz CT molecular complexity index is 326. The van der Waals surface area contributed by atoms with E-state index in [4.69, 9.17) is 5.11 Å². The van der Waals surface area contributed by atoms with Gasteiger partial charge < -0.3 is 14.7 Å². The van der Waals surface area contributed by atoms with Crippen LogP contribution in [0.3, 0.4) is 0 Å². The zero-order valence-corrected chi connectivity index (χ0v) is 9.22. The number of carbonyl (C=O) groups is 2. The fourth-order valence-electron chi connectivity index (χ4n) is 0.957. The molecule has 112 valence electrons. The molecule has 0 saturated heterocycles. The largest absolute Gasteiger partial charge is 0.480 e. The molecule has 0 aliphatic heterocycles. The second-order valence-corrected chi connectivity index (χ2v) is 3.37. The van der Waals surface area contributed by atoms with E-state index in [9.17, 15) is 35.9 Å². The third-order valence-corrected chi connectivity index (χ3v) is 1.54. The zero-order valence-electron chi connectivity index (χ0n) is 9.22. The highest BCUT2D eigenvalue weighted by molar-refractivity contribution is 5.82. The summed E-state index contributed by atoms with van der Waals surface area (Å²) in [6, 6.07) is 0. The summed E-state index contributed by atoms with van der Waals surface area (Å²) in [6.45, 7) is -6.27. The standard InChI is InChI=1S/C8H9F6NO4/c9-7(10,11)3-15(1-6(17)18)5(16)2-19-4-8(12,13)14/h1-4H2,(H,17,18). The lowest BCUT2D eigenvalue weighted by Crippen LogP contribution is -2.44. The Morgan fingerprint density at radius 3 is 1.95 bits per heavy atom. The van der Waals surface area contributed by atoms with Crippen LogP contribution >= 0.6 is 0 Å². The predicted molar refractivity (Wildman–Crippen MR) is 47.1 cm³/mol. The summed E-state index contributed by atoms with van der Waals surface area (Å²) < 4.78 is 74.9. The van der Waals surface area contributed by atoms with Crippen molar-refractivity contribution in [2.75, 3.05) is 26.3 Å². The summed E-state index contributed by atoms with van der Waals surface area (Å²) in [7, 11) is 0. The highest BCUT2D eigenvalue weighted by atomic mass is 19.4. The molecular weight excluding hydrogens is 288 g/mol. The lowest BCUT2D eigenvalue weighted by Gasteiger charge is -2.22. The SMILES string of the molecule is O=C(O)CN(CC(F)(F)F)C(=O)COCC(F)(F)F. The molecule has 0 aliphatic carbocycles. The van der Waals surface area contributed by atoms with Gasteiger partial charge in [-0.25, -0.2) is 0 Å². The number of ether oxygens (including phenoxy) is 1. The zero-order chi connectivity index (χ0) is 15.3. The first-order chi connectivity index (χ1) is 8.41. The van der Waals surface area contributed by atoms with Crippen molar-refractivity contribution in [1.29, 1.82) is 0 Å². The van der Waals surface area contributed by atoms with Gasteiger partial charge in [0.25, 0.3) is 0 Å². The molecule has 1 N–H and O–H groups in total. The van der Waals surface area contributed by atoms with E-state index in [1.54, 1.807) is 0 Å². The first-order valence-electron chi connectivity index (χ1n) is 4.61. The van der Waals surface area contributed by atoms with Crippen LogP contribution in [0.15, 0.2) is 0 Å². The number of alkyl halides is 6. The molecule has 0 heterocycles. The number of hydrogen-bond acceptors (Lipinski definition) is 3. The molecule has 0 bridgehead atoms. The molecule has 11 heteroatoms. The van der Waals surface area contributed by atoms with E-state index in [0.29, 0.717) is 0 Å². The Morgan fingerprint density at radius 2 is 1.58 bits per heavy atom. The molecule has 0 fully saturated rings. The van der Waals surface area contributed by atoms with Crippen LogP contribution in [-0.2, 0) is 14.3 Å². The van der Waals surface area contributed by atoms with Crippen molar-refractivity contribution in [3.8, 4) is 0 Å². The third-order valence-electron chi connectivity index (χ3n) is 1.54. The second-order valence-electron chi connectivity index (χ2n) is 3.37. The maximum absolute atomic E-state index is 12.0. The third kappa shape index (κ3) is 10.1. The molecule has 1 amide bonds. The number of carboxylic acids is 1. The number of rotatable bonds is 6. The number of halogens is 6. The molecule has 19 heavy (non-hydrogen) atoms. The van der Waals surface area contributed by atoms with Gasteiger partial charge in [-0.2, -0.15) is 26.3 Å². The number of aliphatic carboxylic acids is 1. The van der Waals surface area contributed by atoms with Crippen molar-refractivity contribution in [3.05, 3.63) is 0 Å². The molecule has 0 aromatic carbocycles. The van der Waals surface area contributed by atoms with E-state index in [0.717, 1.165) is 0 Å².